The summed E-state index contributed by atoms with van der Waals surface area (Å²) in [6.07, 6.45) is -3.51. The van der Waals surface area contributed by atoms with E-state index in [1.165, 1.54) is 12.1 Å². The Morgan fingerprint density at radius 1 is 1.24 bits per heavy atom. The van der Waals surface area contributed by atoms with Crippen LogP contribution in [0.1, 0.15) is 31.7 Å². The molecular formula is C18H27F3N4O3S. The Kier molecular flexibility index (Phi) is 8.72. The Balaban J connectivity index is 1.90. The fourth-order valence-electron chi connectivity index (χ4n) is 2.70. The van der Waals surface area contributed by atoms with Crippen LogP contribution >= 0.6 is 0 Å². The maximum atomic E-state index is 12.3. The third-order valence-electron chi connectivity index (χ3n) is 4.22. The van der Waals surface area contributed by atoms with Gasteiger partial charge >= 0.3 is 6.18 Å². The van der Waals surface area contributed by atoms with Crippen molar-refractivity contribution in [3.05, 3.63) is 29.8 Å². The molecule has 1 saturated heterocycles. The van der Waals surface area contributed by atoms with Crippen LogP contribution in [0.2, 0.25) is 0 Å². The van der Waals surface area contributed by atoms with Gasteiger partial charge < -0.3 is 15.4 Å². The van der Waals surface area contributed by atoms with Crippen molar-refractivity contribution in [3.63, 3.8) is 0 Å². The van der Waals surface area contributed by atoms with E-state index in [9.17, 15) is 21.6 Å². The molecule has 11 heteroatoms. The van der Waals surface area contributed by atoms with Crippen molar-refractivity contribution in [1.82, 2.24) is 15.4 Å². The zero-order valence-corrected chi connectivity index (χ0v) is 17.1. The number of rotatable bonds is 9. The van der Waals surface area contributed by atoms with Gasteiger partial charge in [0, 0.05) is 26.2 Å². The minimum atomic E-state index is -4.23. The van der Waals surface area contributed by atoms with E-state index >= 15 is 0 Å². The molecule has 0 aromatic heterocycles. The molecule has 2 rings (SSSR count). The van der Waals surface area contributed by atoms with E-state index < -0.39 is 22.6 Å². The van der Waals surface area contributed by atoms with E-state index in [1.54, 1.807) is 12.1 Å². The number of ether oxygens (including phenoxy) is 1. The van der Waals surface area contributed by atoms with E-state index in [1.807, 2.05) is 6.92 Å². The van der Waals surface area contributed by atoms with Crippen LogP contribution in [-0.4, -0.2) is 52.9 Å². The van der Waals surface area contributed by atoms with Crippen LogP contribution in [0.5, 0.6) is 0 Å². The van der Waals surface area contributed by atoms with Gasteiger partial charge in [0.15, 0.2) is 5.96 Å². The fourth-order valence-corrected chi connectivity index (χ4v) is 3.77. The second kappa shape index (κ2) is 10.8. The second-order valence-electron chi connectivity index (χ2n) is 6.62. The second-order valence-corrected chi connectivity index (χ2v) is 8.38. The van der Waals surface area contributed by atoms with Gasteiger partial charge in [-0.3, -0.25) is 0 Å². The van der Waals surface area contributed by atoms with Crippen molar-refractivity contribution in [3.8, 4) is 0 Å². The lowest BCUT2D eigenvalue weighted by atomic mass is 10.2. The summed E-state index contributed by atoms with van der Waals surface area (Å²) >= 11 is 0. The number of sulfonamides is 1. The molecule has 164 valence electrons. The van der Waals surface area contributed by atoms with Crippen molar-refractivity contribution >= 4 is 16.0 Å². The molecule has 0 saturated carbocycles. The van der Waals surface area contributed by atoms with Gasteiger partial charge in [-0.15, -0.1) is 0 Å². The van der Waals surface area contributed by atoms with E-state index in [2.05, 4.69) is 20.3 Å². The standard InChI is InChI=1S/C18H27F3N4O3S/c1-2-22-17(23-10-9-18(19,20)21)24-12-14-5-7-16(8-6-14)29(26,27)25-13-15-4-3-11-28-15/h5-8,15,25H,2-4,9-13H2,1H3,(H2,22,23,24). The van der Waals surface area contributed by atoms with Crippen LogP contribution in [0.25, 0.3) is 0 Å². The Labute approximate surface area is 169 Å². The SMILES string of the molecule is CCNC(=NCc1ccc(S(=O)(=O)NCC2CCCO2)cc1)NCCC(F)(F)F. The molecule has 0 amide bonds. The summed E-state index contributed by atoms with van der Waals surface area (Å²) in [5.74, 6) is 0.270. The molecule has 1 unspecified atom stereocenters. The number of hydrogen-bond acceptors (Lipinski definition) is 4. The maximum absolute atomic E-state index is 12.3. The summed E-state index contributed by atoms with van der Waals surface area (Å²) in [5.41, 5.74) is 0.733. The predicted molar refractivity (Wildman–Crippen MR) is 104 cm³/mol. The smallest absolute Gasteiger partial charge is 0.377 e. The molecule has 0 radical (unpaired) electrons. The molecule has 3 N–H and O–H groups in total. The average molecular weight is 437 g/mol. The quantitative estimate of drug-likeness (QED) is 0.408. The summed E-state index contributed by atoms with van der Waals surface area (Å²) in [6, 6.07) is 6.21. The van der Waals surface area contributed by atoms with Crippen molar-refractivity contribution in [2.24, 2.45) is 4.99 Å². The Hall–Kier alpha value is -1.85. The summed E-state index contributed by atoms with van der Waals surface area (Å²) < 4.78 is 69.4. The zero-order chi connectivity index (χ0) is 21.3. The number of benzene rings is 1. The number of hydrogen-bond donors (Lipinski definition) is 3. The van der Waals surface area contributed by atoms with Gasteiger partial charge in [-0.2, -0.15) is 13.2 Å². The maximum Gasteiger partial charge on any atom is 0.390 e. The van der Waals surface area contributed by atoms with Crippen molar-refractivity contribution < 1.29 is 26.3 Å². The van der Waals surface area contributed by atoms with Crippen LogP contribution in [0, 0.1) is 0 Å². The monoisotopic (exact) mass is 436 g/mol. The first kappa shape index (κ1) is 23.4. The van der Waals surface area contributed by atoms with Gasteiger partial charge in [0.2, 0.25) is 10.0 Å². The van der Waals surface area contributed by atoms with Crippen molar-refractivity contribution in [2.75, 3.05) is 26.2 Å². The lowest BCUT2D eigenvalue weighted by Crippen LogP contribution is -2.38. The topological polar surface area (TPSA) is 91.8 Å². The average Bonchev–Trinajstić information content (AvgIpc) is 3.18. The summed E-state index contributed by atoms with van der Waals surface area (Å²) in [5, 5.41) is 5.50. The first-order chi connectivity index (χ1) is 13.7. The largest absolute Gasteiger partial charge is 0.390 e. The molecule has 0 bridgehead atoms. The highest BCUT2D eigenvalue weighted by Crippen LogP contribution is 2.18. The van der Waals surface area contributed by atoms with Gasteiger partial charge in [-0.1, -0.05) is 12.1 Å². The van der Waals surface area contributed by atoms with Crippen molar-refractivity contribution in [2.45, 2.75) is 49.9 Å². The summed E-state index contributed by atoms with van der Waals surface area (Å²) in [6.45, 7) is 3.13. The molecule has 29 heavy (non-hydrogen) atoms. The Morgan fingerprint density at radius 2 is 1.97 bits per heavy atom. The number of guanidine groups is 1. The minimum absolute atomic E-state index is 0.0901. The molecule has 1 atom stereocenters. The van der Waals surface area contributed by atoms with Crippen LogP contribution in [0.3, 0.4) is 0 Å². The molecule has 0 spiro atoms. The highest BCUT2D eigenvalue weighted by molar-refractivity contribution is 7.89. The molecular weight excluding hydrogens is 409 g/mol. The lowest BCUT2D eigenvalue weighted by Gasteiger charge is -2.13. The highest BCUT2D eigenvalue weighted by atomic mass is 32.2. The van der Waals surface area contributed by atoms with E-state index in [4.69, 9.17) is 4.74 Å². The van der Waals surface area contributed by atoms with E-state index in [0.717, 1.165) is 18.4 Å². The Morgan fingerprint density at radius 3 is 2.55 bits per heavy atom. The van der Waals surface area contributed by atoms with E-state index in [0.29, 0.717) is 13.2 Å². The first-order valence-corrected chi connectivity index (χ1v) is 11.0. The molecule has 1 aromatic carbocycles. The van der Waals surface area contributed by atoms with E-state index in [-0.39, 0.29) is 36.6 Å². The van der Waals surface area contributed by atoms with Gasteiger partial charge in [0.1, 0.15) is 0 Å². The number of halogens is 3. The minimum Gasteiger partial charge on any atom is -0.377 e. The van der Waals surface area contributed by atoms with Crippen LogP contribution in [0.15, 0.2) is 34.2 Å². The van der Waals surface area contributed by atoms with Gasteiger partial charge in [-0.05, 0) is 37.5 Å². The molecule has 7 nitrogen and oxygen atoms in total. The summed E-state index contributed by atoms with van der Waals surface area (Å²) in [4.78, 5) is 4.37. The lowest BCUT2D eigenvalue weighted by molar-refractivity contribution is -0.132. The van der Waals surface area contributed by atoms with Gasteiger partial charge in [-0.25, -0.2) is 18.1 Å². The first-order valence-electron chi connectivity index (χ1n) is 9.49. The van der Waals surface area contributed by atoms with Gasteiger partial charge in [0.05, 0.1) is 24.0 Å². The van der Waals surface area contributed by atoms with Gasteiger partial charge in [0.25, 0.3) is 0 Å². The fraction of sp³-hybridized carbons (Fsp3) is 0.611. The molecule has 1 fully saturated rings. The number of alkyl halides is 3. The number of nitrogens with zero attached hydrogens (tertiary/aromatic N) is 1. The molecule has 0 aliphatic carbocycles. The number of nitrogens with one attached hydrogen (secondary N) is 3. The third kappa shape index (κ3) is 8.58. The molecule has 1 aliphatic heterocycles. The molecule has 1 aliphatic rings. The predicted octanol–water partition coefficient (Wildman–Crippen LogP) is 2.15. The molecule has 1 heterocycles. The third-order valence-corrected chi connectivity index (χ3v) is 5.66. The molecule has 1 aromatic rings. The van der Waals surface area contributed by atoms with Crippen LogP contribution in [0.4, 0.5) is 13.2 Å². The summed E-state index contributed by atoms with van der Waals surface area (Å²) in [7, 11) is -3.63. The highest BCUT2D eigenvalue weighted by Gasteiger charge is 2.26. The van der Waals surface area contributed by atoms with Crippen LogP contribution in [-0.2, 0) is 21.3 Å². The Bertz CT molecular complexity index is 762. The number of aliphatic imine (C=N–C) groups is 1. The zero-order valence-electron chi connectivity index (χ0n) is 16.3. The van der Waals surface area contributed by atoms with Crippen LogP contribution < -0.4 is 15.4 Å². The normalized spacial score (nSPS) is 18.1. The van der Waals surface area contributed by atoms with Crippen molar-refractivity contribution in [1.29, 1.82) is 0 Å².